The van der Waals surface area contributed by atoms with Crippen LogP contribution >= 0.6 is 11.3 Å². The maximum Gasteiger partial charge on any atom is 0.257 e. The van der Waals surface area contributed by atoms with Gasteiger partial charge in [0.2, 0.25) is 0 Å². The largest absolute Gasteiger partial charge is 0.356 e. The molecule has 5 nitrogen and oxygen atoms in total. The first-order valence-corrected chi connectivity index (χ1v) is 10.3. The predicted octanol–water partition coefficient (Wildman–Crippen LogP) is 4.94. The quantitative estimate of drug-likeness (QED) is 0.679. The standard InChI is InChI=1S/C21H23FN4OS/c1-12-5-4-8-26(10-12)19-18-17(14(3)28-21(18)24-11-23-19)20(27)25-16-7-6-15(22)9-13(16)2/h6-7,9,11-12H,4-5,8,10H2,1-3H3,(H,25,27)/t12-/m0/s1. The summed E-state index contributed by atoms with van der Waals surface area (Å²) in [5.74, 6) is 0.904. The average molecular weight is 399 g/mol. The zero-order valence-electron chi connectivity index (χ0n) is 16.3. The second kappa shape index (κ2) is 7.47. The smallest absolute Gasteiger partial charge is 0.257 e. The van der Waals surface area contributed by atoms with E-state index in [1.807, 2.05) is 6.92 Å². The molecule has 0 spiro atoms. The van der Waals surface area contributed by atoms with Crippen molar-refractivity contribution in [1.29, 1.82) is 0 Å². The number of nitrogens with one attached hydrogen (secondary N) is 1. The van der Waals surface area contributed by atoms with Crippen LogP contribution in [0, 0.1) is 25.6 Å². The number of nitrogens with zero attached hydrogens (tertiary/aromatic N) is 3. The molecule has 1 atom stereocenters. The summed E-state index contributed by atoms with van der Waals surface area (Å²) < 4.78 is 13.4. The fourth-order valence-corrected chi connectivity index (χ4v) is 4.86. The van der Waals surface area contributed by atoms with Crippen molar-refractivity contribution < 1.29 is 9.18 Å². The van der Waals surface area contributed by atoms with Gasteiger partial charge in [0.15, 0.2) is 0 Å². The number of piperidine rings is 1. The summed E-state index contributed by atoms with van der Waals surface area (Å²) in [6.45, 7) is 7.82. The Labute approximate surface area is 167 Å². The molecule has 146 valence electrons. The molecule has 0 radical (unpaired) electrons. The van der Waals surface area contributed by atoms with E-state index in [1.165, 1.54) is 29.9 Å². The summed E-state index contributed by atoms with van der Waals surface area (Å²) >= 11 is 1.50. The Bertz CT molecular complexity index is 1050. The van der Waals surface area contributed by atoms with Crippen molar-refractivity contribution in [1.82, 2.24) is 9.97 Å². The number of amides is 1. The van der Waals surface area contributed by atoms with Crippen molar-refractivity contribution in [2.24, 2.45) is 5.92 Å². The van der Waals surface area contributed by atoms with Crippen molar-refractivity contribution >= 4 is 39.0 Å². The number of aromatic nitrogens is 2. The highest BCUT2D eigenvalue weighted by Crippen LogP contribution is 2.36. The molecule has 3 heterocycles. The highest BCUT2D eigenvalue weighted by molar-refractivity contribution is 7.19. The Morgan fingerprint density at radius 3 is 2.89 bits per heavy atom. The molecule has 0 bridgehead atoms. The monoisotopic (exact) mass is 398 g/mol. The lowest BCUT2D eigenvalue weighted by Crippen LogP contribution is -2.35. The van der Waals surface area contributed by atoms with E-state index in [9.17, 15) is 9.18 Å². The molecule has 2 aromatic heterocycles. The molecule has 1 amide bonds. The summed E-state index contributed by atoms with van der Waals surface area (Å²) in [5.41, 5.74) is 1.90. The Morgan fingerprint density at radius 1 is 1.32 bits per heavy atom. The van der Waals surface area contributed by atoms with Crippen molar-refractivity contribution in [3.8, 4) is 0 Å². The molecule has 4 rings (SSSR count). The average Bonchev–Trinajstić information content (AvgIpc) is 3.00. The van der Waals surface area contributed by atoms with Crippen LogP contribution in [0.4, 0.5) is 15.9 Å². The zero-order valence-corrected chi connectivity index (χ0v) is 17.1. The summed E-state index contributed by atoms with van der Waals surface area (Å²) in [6.07, 6.45) is 3.91. The summed E-state index contributed by atoms with van der Waals surface area (Å²) in [6, 6.07) is 4.36. The molecule has 1 N–H and O–H groups in total. The lowest BCUT2D eigenvalue weighted by molar-refractivity contribution is 0.102. The summed E-state index contributed by atoms with van der Waals surface area (Å²) in [4.78, 5) is 26.1. The number of hydrogen-bond acceptors (Lipinski definition) is 5. The number of fused-ring (bicyclic) bond motifs is 1. The fourth-order valence-electron chi connectivity index (χ4n) is 3.88. The lowest BCUT2D eigenvalue weighted by atomic mass is 10.00. The van der Waals surface area contributed by atoms with Gasteiger partial charge in [0, 0.05) is 23.7 Å². The van der Waals surface area contributed by atoms with Gasteiger partial charge in [-0.15, -0.1) is 11.3 Å². The molecule has 3 aromatic rings. The van der Waals surface area contributed by atoms with Gasteiger partial charge in [-0.25, -0.2) is 14.4 Å². The van der Waals surface area contributed by atoms with E-state index in [0.717, 1.165) is 40.4 Å². The van der Waals surface area contributed by atoms with Crippen LogP contribution < -0.4 is 10.2 Å². The topological polar surface area (TPSA) is 58.1 Å². The fraction of sp³-hybridized carbons (Fsp3) is 0.381. The normalized spacial score (nSPS) is 17.1. The van der Waals surface area contributed by atoms with E-state index in [2.05, 4.69) is 27.1 Å². The van der Waals surface area contributed by atoms with Crippen LogP contribution in [0.15, 0.2) is 24.5 Å². The Morgan fingerprint density at radius 2 is 2.14 bits per heavy atom. The van der Waals surface area contributed by atoms with Crippen molar-refractivity contribution in [2.75, 3.05) is 23.3 Å². The zero-order chi connectivity index (χ0) is 19.8. The van der Waals surface area contributed by atoms with Crippen LogP contribution in [0.1, 0.15) is 40.6 Å². The van der Waals surface area contributed by atoms with Crippen LogP contribution in [0.5, 0.6) is 0 Å². The van der Waals surface area contributed by atoms with Crippen LogP contribution in [0.3, 0.4) is 0 Å². The minimum absolute atomic E-state index is 0.209. The van der Waals surface area contributed by atoms with Gasteiger partial charge in [0.1, 0.15) is 22.8 Å². The van der Waals surface area contributed by atoms with E-state index in [1.54, 1.807) is 19.3 Å². The number of rotatable bonds is 3. The van der Waals surface area contributed by atoms with Gasteiger partial charge < -0.3 is 10.2 Å². The van der Waals surface area contributed by atoms with Gasteiger partial charge in [0.25, 0.3) is 5.91 Å². The number of hydrogen-bond donors (Lipinski definition) is 1. The molecular formula is C21H23FN4OS. The SMILES string of the molecule is Cc1cc(F)ccc1NC(=O)c1c(C)sc2ncnc(N3CCC[C@H](C)C3)c12. The second-order valence-corrected chi connectivity index (χ2v) is 8.72. The highest BCUT2D eigenvalue weighted by atomic mass is 32.1. The van der Waals surface area contributed by atoms with Crippen molar-refractivity contribution in [3.05, 3.63) is 46.3 Å². The van der Waals surface area contributed by atoms with Crippen LogP contribution in [0.25, 0.3) is 10.2 Å². The van der Waals surface area contributed by atoms with E-state index in [4.69, 9.17) is 0 Å². The second-order valence-electron chi connectivity index (χ2n) is 7.52. The molecule has 1 fully saturated rings. The van der Waals surface area contributed by atoms with E-state index >= 15 is 0 Å². The highest BCUT2D eigenvalue weighted by Gasteiger charge is 2.26. The summed E-state index contributed by atoms with van der Waals surface area (Å²) in [7, 11) is 0. The Balaban J connectivity index is 1.76. The van der Waals surface area contributed by atoms with Gasteiger partial charge >= 0.3 is 0 Å². The molecule has 1 saturated heterocycles. The Kier molecular flexibility index (Phi) is 5.02. The number of anilines is 2. The van der Waals surface area contributed by atoms with Gasteiger partial charge in [0.05, 0.1) is 10.9 Å². The minimum Gasteiger partial charge on any atom is -0.356 e. The van der Waals surface area contributed by atoms with Gasteiger partial charge in [-0.3, -0.25) is 4.79 Å². The number of carbonyl (C=O) groups is 1. The van der Waals surface area contributed by atoms with Crippen molar-refractivity contribution in [3.63, 3.8) is 0 Å². The number of halogens is 1. The molecule has 28 heavy (non-hydrogen) atoms. The first-order chi connectivity index (χ1) is 13.4. The van der Waals surface area contributed by atoms with E-state index in [0.29, 0.717) is 22.7 Å². The lowest BCUT2D eigenvalue weighted by Gasteiger charge is -2.32. The summed E-state index contributed by atoms with van der Waals surface area (Å²) in [5, 5.41) is 3.75. The molecular weight excluding hydrogens is 375 g/mol. The molecule has 7 heteroatoms. The first-order valence-electron chi connectivity index (χ1n) is 9.50. The number of carbonyl (C=O) groups excluding carboxylic acids is 1. The number of thiophene rings is 1. The first kappa shape index (κ1) is 18.8. The third-order valence-electron chi connectivity index (χ3n) is 5.26. The molecule has 0 unspecified atom stereocenters. The van der Waals surface area contributed by atoms with E-state index in [-0.39, 0.29) is 11.7 Å². The van der Waals surface area contributed by atoms with Gasteiger partial charge in [-0.1, -0.05) is 6.92 Å². The molecule has 0 saturated carbocycles. The van der Waals surface area contributed by atoms with Crippen LogP contribution in [-0.2, 0) is 0 Å². The third-order valence-corrected chi connectivity index (χ3v) is 6.28. The molecule has 1 aliphatic heterocycles. The van der Waals surface area contributed by atoms with E-state index < -0.39 is 0 Å². The maximum atomic E-state index is 13.4. The number of aryl methyl sites for hydroxylation is 2. The predicted molar refractivity (Wildman–Crippen MR) is 112 cm³/mol. The molecule has 1 aromatic carbocycles. The number of benzene rings is 1. The van der Waals surface area contributed by atoms with Gasteiger partial charge in [-0.05, 0) is 56.4 Å². The van der Waals surface area contributed by atoms with Crippen molar-refractivity contribution in [2.45, 2.75) is 33.6 Å². The van der Waals surface area contributed by atoms with Crippen LogP contribution in [-0.4, -0.2) is 29.0 Å². The molecule has 1 aliphatic rings. The maximum absolute atomic E-state index is 13.4. The molecule has 0 aliphatic carbocycles. The minimum atomic E-state index is -0.317. The van der Waals surface area contributed by atoms with Gasteiger partial charge in [-0.2, -0.15) is 0 Å². The van der Waals surface area contributed by atoms with Crippen LogP contribution in [0.2, 0.25) is 0 Å². The third kappa shape index (κ3) is 3.46. The Hall–Kier alpha value is -2.54.